The molecule has 10 heavy (non-hydrogen) atoms. The number of hydrogen-bond acceptors (Lipinski definition) is 1. The smallest absolute Gasteiger partial charge is 0.0899 e. The van der Waals surface area contributed by atoms with E-state index in [0.717, 1.165) is 0 Å². The molecule has 0 radical (unpaired) electrons. The monoisotopic (exact) mass is 156 g/mol. The SMILES string of the molecule is CC1=CC(P)C(C)(O)C=C1. The first kappa shape index (κ1) is 7.97. The normalized spacial score (nSPS) is 39.6. The molecule has 56 valence electrons. The quantitative estimate of drug-likeness (QED) is 0.527. The molecule has 0 saturated heterocycles. The van der Waals surface area contributed by atoms with Crippen molar-refractivity contribution in [3.05, 3.63) is 23.8 Å². The maximum atomic E-state index is 9.61. The molecule has 0 saturated carbocycles. The Bertz CT molecular complexity index is 191. The van der Waals surface area contributed by atoms with Crippen LogP contribution in [0, 0.1) is 0 Å². The van der Waals surface area contributed by atoms with Crippen LogP contribution in [0.1, 0.15) is 13.8 Å². The molecule has 0 heterocycles. The van der Waals surface area contributed by atoms with Crippen molar-refractivity contribution in [1.82, 2.24) is 0 Å². The van der Waals surface area contributed by atoms with Gasteiger partial charge in [0.05, 0.1) is 5.60 Å². The van der Waals surface area contributed by atoms with Crippen LogP contribution in [0.25, 0.3) is 0 Å². The molecular formula is C8H13OP. The average molecular weight is 156 g/mol. The van der Waals surface area contributed by atoms with E-state index >= 15 is 0 Å². The lowest BCUT2D eigenvalue weighted by molar-refractivity contribution is 0.119. The molecule has 2 heteroatoms. The predicted molar refractivity (Wildman–Crippen MR) is 47.0 cm³/mol. The molecule has 1 rings (SSSR count). The number of aliphatic hydroxyl groups is 1. The first-order valence-electron chi connectivity index (χ1n) is 3.38. The van der Waals surface area contributed by atoms with Gasteiger partial charge in [-0.25, -0.2) is 0 Å². The zero-order valence-electron chi connectivity index (χ0n) is 6.33. The largest absolute Gasteiger partial charge is 0.385 e. The zero-order chi connectivity index (χ0) is 7.78. The molecule has 0 aromatic rings. The highest BCUT2D eigenvalue weighted by atomic mass is 31.0. The van der Waals surface area contributed by atoms with Gasteiger partial charge >= 0.3 is 0 Å². The van der Waals surface area contributed by atoms with E-state index in [-0.39, 0.29) is 5.66 Å². The lowest BCUT2D eigenvalue weighted by atomic mass is 9.94. The van der Waals surface area contributed by atoms with Crippen molar-refractivity contribution in [3.63, 3.8) is 0 Å². The van der Waals surface area contributed by atoms with Crippen molar-refractivity contribution in [1.29, 1.82) is 0 Å². The molecule has 0 aliphatic heterocycles. The summed E-state index contributed by atoms with van der Waals surface area (Å²) in [6.07, 6.45) is 5.82. The Labute approximate surface area is 64.0 Å². The van der Waals surface area contributed by atoms with Gasteiger partial charge in [-0.3, -0.25) is 0 Å². The summed E-state index contributed by atoms with van der Waals surface area (Å²) in [5.41, 5.74) is 0.688. The van der Waals surface area contributed by atoms with E-state index < -0.39 is 5.60 Å². The molecule has 0 fully saturated rings. The van der Waals surface area contributed by atoms with E-state index in [1.807, 2.05) is 32.1 Å². The minimum atomic E-state index is -0.676. The third-order valence-corrected chi connectivity index (χ3v) is 2.67. The van der Waals surface area contributed by atoms with Crippen molar-refractivity contribution in [3.8, 4) is 0 Å². The average Bonchev–Trinajstić information content (AvgIpc) is 1.81. The van der Waals surface area contributed by atoms with E-state index in [2.05, 4.69) is 9.24 Å². The van der Waals surface area contributed by atoms with Crippen LogP contribution in [0.4, 0.5) is 0 Å². The van der Waals surface area contributed by atoms with Gasteiger partial charge in [0, 0.05) is 5.66 Å². The van der Waals surface area contributed by atoms with Crippen LogP contribution in [0.15, 0.2) is 23.8 Å². The summed E-state index contributed by atoms with van der Waals surface area (Å²) in [6.45, 7) is 3.84. The van der Waals surface area contributed by atoms with Crippen molar-refractivity contribution in [2.24, 2.45) is 0 Å². The van der Waals surface area contributed by atoms with Crippen molar-refractivity contribution >= 4 is 9.24 Å². The van der Waals surface area contributed by atoms with E-state index in [4.69, 9.17) is 0 Å². The molecule has 0 spiro atoms. The summed E-state index contributed by atoms with van der Waals surface area (Å²) >= 11 is 0. The molecule has 1 N–H and O–H groups in total. The first-order valence-corrected chi connectivity index (χ1v) is 4.04. The summed E-state index contributed by atoms with van der Waals surface area (Å²) in [5.74, 6) is 0. The van der Waals surface area contributed by atoms with Crippen molar-refractivity contribution in [2.75, 3.05) is 0 Å². The standard InChI is InChI=1S/C8H13OP/c1-6-3-4-8(2,9)7(10)5-6/h3-5,7,9H,10H2,1-2H3. The van der Waals surface area contributed by atoms with Gasteiger partial charge in [0.2, 0.25) is 0 Å². The summed E-state index contributed by atoms with van der Waals surface area (Å²) in [5, 5.41) is 9.61. The van der Waals surface area contributed by atoms with Crippen LogP contribution < -0.4 is 0 Å². The summed E-state index contributed by atoms with van der Waals surface area (Å²) in [4.78, 5) is 0. The van der Waals surface area contributed by atoms with Crippen LogP contribution in [0.2, 0.25) is 0 Å². The van der Waals surface area contributed by atoms with E-state index in [1.165, 1.54) is 5.57 Å². The number of hydrogen-bond donors (Lipinski definition) is 1. The van der Waals surface area contributed by atoms with Gasteiger partial charge in [-0.2, -0.15) is 0 Å². The van der Waals surface area contributed by atoms with Gasteiger partial charge in [-0.15, -0.1) is 9.24 Å². The van der Waals surface area contributed by atoms with Crippen LogP contribution in [-0.4, -0.2) is 16.4 Å². The van der Waals surface area contributed by atoms with E-state index in [9.17, 15) is 5.11 Å². The van der Waals surface area contributed by atoms with Gasteiger partial charge in [-0.1, -0.05) is 23.8 Å². The lowest BCUT2D eigenvalue weighted by Crippen LogP contribution is -2.33. The zero-order valence-corrected chi connectivity index (χ0v) is 7.49. The first-order chi connectivity index (χ1) is 4.52. The van der Waals surface area contributed by atoms with Crippen LogP contribution >= 0.6 is 9.24 Å². The maximum Gasteiger partial charge on any atom is 0.0899 e. The van der Waals surface area contributed by atoms with E-state index in [0.29, 0.717) is 0 Å². The highest BCUT2D eigenvalue weighted by molar-refractivity contribution is 7.18. The molecule has 0 aromatic heterocycles. The predicted octanol–water partition coefficient (Wildman–Crippen LogP) is 1.50. The van der Waals surface area contributed by atoms with Gasteiger partial charge in [0.25, 0.3) is 0 Å². The molecule has 3 atom stereocenters. The minimum Gasteiger partial charge on any atom is -0.385 e. The molecule has 1 aliphatic rings. The van der Waals surface area contributed by atoms with E-state index in [1.54, 1.807) is 0 Å². The Morgan fingerprint density at radius 2 is 2.30 bits per heavy atom. The lowest BCUT2D eigenvalue weighted by Gasteiger charge is -2.27. The summed E-state index contributed by atoms with van der Waals surface area (Å²) in [7, 11) is 2.62. The molecule has 0 bridgehead atoms. The van der Waals surface area contributed by atoms with Gasteiger partial charge in [0.1, 0.15) is 0 Å². The van der Waals surface area contributed by atoms with Crippen LogP contribution in [0.3, 0.4) is 0 Å². The summed E-state index contributed by atoms with van der Waals surface area (Å²) in [6, 6.07) is 0. The fourth-order valence-electron chi connectivity index (χ4n) is 0.919. The van der Waals surface area contributed by atoms with Gasteiger partial charge < -0.3 is 5.11 Å². The van der Waals surface area contributed by atoms with Crippen molar-refractivity contribution in [2.45, 2.75) is 25.1 Å². The van der Waals surface area contributed by atoms with Crippen LogP contribution in [0.5, 0.6) is 0 Å². The molecular weight excluding hydrogens is 143 g/mol. The highest BCUT2D eigenvalue weighted by Gasteiger charge is 2.25. The van der Waals surface area contributed by atoms with Crippen LogP contribution in [-0.2, 0) is 0 Å². The highest BCUT2D eigenvalue weighted by Crippen LogP contribution is 2.26. The minimum absolute atomic E-state index is 0.150. The Morgan fingerprint density at radius 1 is 1.70 bits per heavy atom. The topological polar surface area (TPSA) is 20.2 Å². The molecule has 0 amide bonds. The maximum absolute atomic E-state index is 9.61. The fourth-order valence-corrected chi connectivity index (χ4v) is 1.33. The third-order valence-electron chi connectivity index (χ3n) is 1.80. The Balaban J connectivity index is 2.84. The van der Waals surface area contributed by atoms with Gasteiger partial charge in [0.15, 0.2) is 0 Å². The molecule has 1 aliphatic carbocycles. The molecule has 3 unspecified atom stereocenters. The Hall–Kier alpha value is -0.130. The summed E-state index contributed by atoms with van der Waals surface area (Å²) < 4.78 is 0. The second-order valence-corrected chi connectivity index (χ2v) is 3.71. The number of rotatable bonds is 0. The Morgan fingerprint density at radius 3 is 2.70 bits per heavy atom. The second-order valence-electron chi connectivity index (χ2n) is 3.00. The molecule has 0 aromatic carbocycles. The van der Waals surface area contributed by atoms with Gasteiger partial charge in [-0.05, 0) is 13.8 Å². The Kier molecular flexibility index (Phi) is 1.98. The fraction of sp³-hybridized carbons (Fsp3) is 0.500. The van der Waals surface area contributed by atoms with Crippen molar-refractivity contribution < 1.29 is 5.11 Å². The second kappa shape index (κ2) is 2.48. The number of allylic oxidation sites excluding steroid dienone is 2. The third kappa shape index (κ3) is 1.47. The molecule has 1 nitrogen and oxygen atoms in total.